The van der Waals surface area contributed by atoms with Crippen LogP contribution in [0.15, 0.2) is 11.1 Å². The van der Waals surface area contributed by atoms with Crippen LogP contribution in [0, 0.1) is 23.1 Å². The first-order chi connectivity index (χ1) is 7.11. The van der Waals surface area contributed by atoms with Crippen LogP contribution in [0.1, 0.15) is 5.56 Å². The number of benzene rings is 1. The molecule has 81 valence electrons. The second-order valence-corrected chi connectivity index (χ2v) is 2.84. The monoisotopic (exact) mass is 312 g/mol. The molecule has 1 aromatic rings. The van der Waals surface area contributed by atoms with E-state index < -0.39 is 4.92 Å². The van der Waals surface area contributed by atoms with Crippen molar-refractivity contribution >= 4 is 28.8 Å². The van der Waals surface area contributed by atoms with Gasteiger partial charge in [0.05, 0.1) is 12.3 Å². The molecule has 1 radical (unpaired) electrons. The minimum absolute atomic E-state index is 0. The molecule has 1 rings (SSSR count). The van der Waals surface area contributed by atoms with Crippen molar-refractivity contribution < 1.29 is 42.4 Å². The predicted molar refractivity (Wildman–Crippen MR) is 57.9 cm³/mol. The number of ether oxygens (including phenoxy) is 1. The average Bonchev–Trinajstić information content (AvgIpc) is 2.19. The fraction of sp³-hybridized carbons (Fsp3) is 0.222. The van der Waals surface area contributed by atoms with E-state index in [1.165, 1.54) is 13.2 Å². The minimum atomic E-state index is -0.523. The van der Waals surface area contributed by atoms with Gasteiger partial charge >= 0.3 is 0 Å². The second kappa shape index (κ2) is 6.81. The molecule has 0 aliphatic carbocycles. The summed E-state index contributed by atoms with van der Waals surface area (Å²) in [5, 5.41) is 12.9. The van der Waals surface area contributed by atoms with Gasteiger partial charge < -0.3 is 4.74 Å². The van der Waals surface area contributed by atoms with E-state index in [0.717, 1.165) is 0 Å². The van der Waals surface area contributed by atoms with Crippen molar-refractivity contribution in [2.75, 3.05) is 7.11 Å². The maximum atomic E-state index is 10.8. The van der Waals surface area contributed by atoms with Crippen LogP contribution in [-0.4, -0.2) is 17.2 Å². The van der Waals surface area contributed by atoms with E-state index in [0.29, 0.717) is 5.56 Å². The van der Waals surface area contributed by atoms with Gasteiger partial charge in [-0.3, -0.25) is 10.1 Å². The van der Waals surface area contributed by atoms with E-state index in [-0.39, 0.29) is 49.8 Å². The summed E-state index contributed by atoms with van der Waals surface area (Å²) in [6, 6.07) is 4.19. The smallest absolute Gasteiger partial charge is 0.211 e. The molecule has 0 spiro atoms. The van der Waals surface area contributed by atoms with E-state index >= 15 is 0 Å². The van der Waals surface area contributed by atoms with Crippen molar-refractivity contribution in [1.82, 2.24) is 0 Å². The molecule has 0 aliphatic heterocycles. The fourth-order valence-electron chi connectivity index (χ4n) is 1.15. The number of methoxy groups -OCH3 is 1. The molecular weight excluding hydrogens is 305 g/mol. The Morgan fingerprint density at radius 2 is 2.31 bits per heavy atom. The second-order valence-electron chi connectivity index (χ2n) is 2.66. The van der Waals surface area contributed by atoms with E-state index in [4.69, 9.17) is 4.74 Å². The molecule has 0 amide bonds. The molecule has 5 nitrogen and oxygen atoms in total. The summed E-state index contributed by atoms with van der Waals surface area (Å²) < 4.78 is 4.92. The third kappa shape index (κ3) is 3.16. The van der Waals surface area contributed by atoms with Gasteiger partial charge in [0.25, 0.3) is 0 Å². The maximum Gasteiger partial charge on any atom is 0.211 e. The summed E-state index contributed by atoms with van der Waals surface area (Å²) in [6.07, 6.45) is 0. The molecule has 0 saturated carbocycles. The molecular formula is C9H7N2O3SY-. The van der Waals surface area contributed by atoms with Crippen molar-refractivity contribution in [3.05, 3.63) is 27.8 Å². The molecule has 0 bridgehead atoms. The van der Waals surface area contributed by atoms with Crippen LogP contribution >= 0.6 is 12.2 Å². The summed E-state index contributed by atoms with van der Waals surface area (Å²) >= 11 is 4.42. The summed E-state index contributed by atoms with van der Waals surface area (Å²) in [4.78, 5) is 13.9. The molecule has 0 atom stereocenters. The topological polar surface area (TPSA) is 64.7 Å². The van der Waals surface area contributed by atoms with Crippen molar-refractivity contribution in [2.24, 2.45) is 4.99 Å². The molecule has 0 aromatic heterocycles. The quantitative estimate of drug-likeness (QED) is 0.283. The first-order valence-corrected chi connectivity index (χ1v) is 4.34. The van der Waals surface area contributed by atoms with Crippen molar-refractivity contribution in [2.45, 2.75) is 6.92 Å². The number of nitrogens with zero attached hydrogens (tertiary/aromatic N) is 2. The third-order valence-corrected chi connectivity index (χ3v) is 1.86. The molecule has 1 aromatic carbocycles. The SMILES string of the molecule is COc1c(N=C=S)[c-]cc(C)c1[N+](=O)[O-].[Y]. The first-order valence-electron chi connectivity index (χ1n) is 3.93. The molecule has 0 aliphatic rings. The molecule has 0 heterocycles. The summed E-state index contributed by atoms with van der Waals surface area (Å²) in [5.41, 5.74) is 0.519. The summed E-state index contributed by atoms with van der Waals surface area (Å²) in [5.74, 6) is 0.0531. The van der Waals surface area contributed by atoms with Gasteiger partial charge in [-0.2, -0.15) is 12.1 Å². The summed E-state index contributed by atoms with van der Waals surface area (Å²) in [7, 11) is 1.33. The van der Waals surface area contributed by atoms with Gasteiger partial charge in [-0.1, -0.05) is 12.5 Å². The predicted octanol–water partition coefficient (Wildman–Crippen LogP) is 2.44. The number of aliphatic imine (C=N–C) groups is 1. The zero-order valence-electron chi connectivity index (χ0n) is 8.68. The van der Waals surface area contributed by atoms with Gasteiger partial charge in [0, 0.05) is 43.3 Å². The van der Waals surface area contributed by atoms with Gasteiger partial charge in [-0.05, 0) is 12.2 Å². The molecule has 16 heavy (non-hydrogen) atoms. The Bertz CT molecular complexity index is 458. The minimum Gasteiger partial charge on any atom is -0.545 e. The largest absolute Gasteiger partial charge is 0.545 e. The van der Waals surface area contributed by atoms with Crippen LogP contribution in [0.25, 0.3) is 0 Å². The Morgan fingerprint density at radius 3 is 2.75 bits per heavy atom. The Kier molecular flexibility index (Phi) is 6.52. The number of thiocarbonyl (C=S) groups is 1. The number of aryl methyl sites for hydroxylation is 1. The van der Waals surface area contributed by atoms with E-state index in [2.05, 4.69) is 28.4 Å². The van der Waals surface area contributed by atoms with Crippen LogP contribution < -0.4 is 4.74 Å². The molecule has 7 heteroatoms. The van der Waals surface area contributed by atoms with Gasteiger partial charge in [0.15, 0.2) is 0 Å². The molecule has 0 N–H and O–H groups in total. The van der Waals surface area contributed by atoms with Gasteiger partial charge in [0.1, 0.15) is 5.75 Å². The average molecular weight is 312 g/mol. The standard InChI is InChI=1S/C9H7N2O3S.Y/c1-6-3-4-7(10-5-15)9(14-2)8(6)11(12)13;/h3H,1-2H3;/q-1;. The number of isothiocyanates is 1. The zero-order chi connectivity index (χ0) is 11.4. The van der Waals surface area contributed by atoms with Crippen molar-refractivity contribution in [1.29, 1.82) is 0 Å². The van der Waals surface area contributed by atoms with E-state index in [1.54, 1.807) is 6.92 Å². The van der Waals surface area contributed by atoms with Crippen LogP contribution in [0.4, 0.5) is 11.4 Å². The van der Waals surface area contributed by atoms with Gasteiger partial charge in [0.2, 0.25) is 5.69 Å². The number of hydrogen-bond acceptors (Lipinski definition) is 5. The number of nitro benzene ring substituents is 1. The van der Waals surface area contributed by atoms with Gasteiger partial charge in [-0.15, -0.1) is 0 Å². The van der Waals surface area contributed by atoms with Crippen LogP contribution in [-0.2, 0) is 32.7 Å². The Hall–Kier alpha value is -0.676. The third-order valence-electron chi connectivity index (χ3n) is 1.77. The van der Waals surface area contributed by atoms with Crippen LogP contribution in [0.5, 0.6) is 5.75 Å². The number of rotatable bonds is 3. The molecule has 0 saturated heterocycles. The Morgan fingerprint density at radius 1 is 1.69 bits per heavy atom. The Balaban J connectivity index is 0.00000225. The van der Waals surface area contributed by atoms with Gasteiger partial charge in [-0.25, -0.2) is 4.99 Å². The molecule has 0 unspecified atom stereocenters. The maximum absolute atomic E-state index is 10.8. The fourth-order valence-corrected chi connectivity index (χ4v) is 1.24. The van der Waals surface area contributed by atoms with Crippen molar-refractivity contribution in [3.8, 4) is 5.75 Å². The van der Waals surface area contributed by atoms with E-state index in [1.807, 2.05) is 0 Å². The normalized spacial score (nSPS) is 8.62. The number of nitro groups is 1. The first kappa shape index (κ1) is 15.3. The number of hydrogen-bond donors (Lipinski definition) is 0. The summed E-state index contributed by atoms with van der Waals surface area (Å²) in [6.45, 7) is 1.60. The van der Waals surface area contributed by atoms with Crippen LogP contribution in [0.3, 0.4) is 0 Å². The zero-order valence-corrected chi connectivity index (χ0v) is 12.3. The van der Waals surface area contributed by atoms with Crippen LogP contribution in [0.2, 0.25) is 0 Å². The van der Waals surface area contributed by atoms with E-state index in [9.17, 15) is 10.1 Å². The molecule has 0 fully saturated rings. The Labute approximate surface area is 123 Å². The van der Waals surface area contributed by atoms with Crippen molar-refractivity contribution in [3.63, 3.8) is 0 Å².